The summed E-state index contributed by atoms with van der Waals surface area (Å²) in [6, 6.07) is 17.4. The number of benzene rings is 3. The fraction of sp³-hybridized carbons (Fsp3) is 0.310. The number of carbonyl (C=O) groups excluding carboxylic acids is 3. The molecule has 0 saturated carbocycles. The topological polar surface area (TPSA) is 99.8 Å². The lowest BCUT2D eigenvalue weighted by Gasteiger charge is -2.23. The lowest BCUT2D eigenvalue weighted by molar-refractivity contribution is -0.137. The van der Waals surface area contributed by atoms with Gasteiger partial charge in [-0.25, -0.2) is 0 Å². The van der Waals surface area contributed by atoms with Gasteiger partial charge in [0.1, 0.15) is 5.75 Å². The van der Waals surface area contributed by atoms with Gasteiger partial charge in [0.15, 0.2) is 0 Å². The number of amides is 3. The van der Waals surface area contributed by atoms with E-state index in [0.717, 1.165) is 47.4 Å². The van der Waals surface area contributed by atoms with Gasteiger partial charge in [0.05, 0.1) is 18.2 Å². The summed E-state index contributed by atoms with van der Waals surface area (Å²) in [4.78, 5) is 39.8. The smallest absolute Gasteiger partial charge is 0.416 e. The zero-order chi connectivity index (χ0) is 38.8. The Bertz CT molecular complexity index is 1770. The summed E-state index contributed by atoms with van der Waals surface area (Å²) < 4.78 is 45.9. The monoisotopic (exact) mass is 730 g/mol. The summed E-state index contributed by atoms with van der Waals surface area (Å²) in [5, 5.41) is 8.90. The van der Waals surface area contributed by atoms with Crippen molar-refractivity contribution >= 4 is 23.9 Å². The first kappa shape index (κ1) is 42.0. The van der Waals surface area contributed by atoms with Crippen molar-refractivity contribution in [1.82, 2.24) is 15.5 Å². The van der Waals surface area contributed by atoms with Gasteiger partial charge >= 0.3 is 6.18 Å². The second-order valence-electron chi connectivity index (χ2n) is 12.6. The molecule has 0 spiro atoms. The summed E-state index contributed by atoms with van der Waals surface area (Å²) in [5.74, 6) is 0.126. The van der Waals surface area contributed by atoms with E-state index in [0.29, 0.717) is 42.0 Å². The molecule has 0 heterocycles. The molecule has 3 N–H and O–H groups in total. The van der Waals surface area contributed by atoms with Crippen molar-refractivity contribution in [2.24, 2.45) is 0 Å². The minimum atomic E-state index is -4.51. The molecule has 3 amide bonds. The Morgan fingerprint density at radius 1 is 0.981 bits per heavy atom. The molecule has 0 fully saturated rings. The molecule has 0 aliphatic heterocycles. The number of nitrogens with one attached hydrogen (secondary N) is 3. The van der Waals surface area contributed by atoms with E-state index in [9.17, 15) is 27.6 Å². The average molecular weight is 731 g/mol. The molecule has 0 aromatic heterocycles. The number of ether oxygens (including phenoxy) is 1. The van der Waals surface area contributed by atoms with E-state index in [1.807, 2.05) is 50.4 Å². The Kier molecular flexibility index (Phi) is 16.8. The third-order valence-corrected chi connectivity index (χ3v) is 8.49. The predicted octanol–water partition coefficient (Wildman–Crippen LogP) is 7.89. The molecular weight excluding hydrogens is 681 g/mol. The number of alkyl halides is 3. The maximum absolute atomic E-state index is 13.6. The highest BCUT2D eigenvalue weighted by Gasteiger charge is 2.30. The van der Waals surface area contributed by atoms with Crippen molar-refractivity contribution < 1.29 is 32.3 Å². The number of allylic oxidation sites excluding steroid dienone is 4. The Morgan fingerprint density at radius 3 is 2.40 bits per heavy atom. The van der Waals surface area contributed by atoms with Gasteiger partial charge in [0, 0.05) is 30.8 Å². The van der Waals surface area contributed by atoms with Gasteiger partial charge in [-0.2, -0.15) is 13.2 Å². The SMILES string of the molecule is C=CCN(Cc1cccc(C(F)(F)F)c1)C(=O)CCc1cc(NC(=O)/C(C)=C/C=C(/C)C=C)ccc1CC(NC=O)c1ccc(OCCCNC)cc1. The Morgan fingerprint density at radius 2 is 1.74 bits per heavy atom. The van der Waals surface area contributed by atoms with Crippen LogP contribution in [-0.4, -0.2) is 49.9 Å². The number of aryl methyl sites for hydroxylation is 1. The molecule has 3 aromatic carbocycles. The van der Waals surface area contributed by atoms with Gasteiger partial charge in [-0.15, -0.1) is 6.58 Å². The van der Waals surface area contributed by atoms with Crippen LogP contribution >= 0.6 is 0 Å². The molecular formula is C42H49F3N4O4. The van der Waals surface area contributed by atoms with Gasteiger partial charge in [0.25, 0.3) is 5.91 Å². The molecule has 282 valence electrons. The minimum absolute atomic E-state index is 0.0242. The second-order valence-corrected chi connectivity index (χ2v) is 12.6. The highest BCUT2D eigenvalue weighted by molar-refractivity contribution is 6.03. The summed E-state index contributed by atoms with van der Waals surface area (Å²) >= 11 is 0. The number of halogens is 3. The van der Waals surface area contributed by atoms with Crippen molar-refractivity contribution in [3.63, 3.8) is 0 Å². The van der Waals surface area contributed by atoms with Crippen molar-refractivity contribution in [2.75, 3.05) is 32.1 Å². The van der Waals surface area contributed by atoms with Crippen molar-refractivity contribution in [3.05, 3.63) is 143 Å². The maximum Gasteiger partial charge on any atom is 0.416 e. The fourth-order valence-electron chi connectivity index (χ4n) is 5.45. The zero-order valence-corrected chi connectivity index (χ0v) is 30.6. The fourth-order valence-corrected chi connectivity index (χ4v) is 5.45. The van der Waals surface area contributed by atoms with Crippen LogP contribution in [0.15, 0.2) is 115 Å². The van der Waals surface area contributed by atoms with Crippen LogP contribution in [-0.2, 0) is 39.9 Å². The number of anilines is 1. The molecule has 0 saturated heterocycles. The average Bonchev–Trinajstić information content (AvgIpc) is 3.14. The summed E-state index contributed by atoms with van der Waals surface area (Å²) in [6.45, 7) is 12.5. The van der Waals surface area contributed by atoms with Gasteiger partial charge in [-0.1, -0.05) is 66.8 Å². The maximum atomic E-state index is 13.6. The van der Waals surface area contributed by atoms with Gasteiger partial charge < -0.3 is 25.6 Å². The molecule has 0 bridgehead atoms. The highest BCUT2D eigenvalue weighted by atomic mass is 19.4. The lowest BCUT2D eigenvalue weighted by atomic mass is 9.93. The normalized spacial score (nSPS) is 12.4. The van der Waals surface area contributed by atoms with Crippen LogP contribution in [0.25, 0.3) is 0 Å². The molecule has 1 atom stereocenters. The van der Waals surface area contributed by atoms with Gasteiger partial charge in [0.2, 0.25) is 12.3 Å². The molecule has 11 heteroatoms. The number of hydrogen-bond donors (Lipinski definition) is 3. The molecule has 1 unspecified atom stereocenters. The Labute approximate surface area is 310 Å². The van der Waals surface area contributed by atoms with E-state index in [1.54, 1.807) is 37.3 Å². The zero-order valence-electron chi connectivity index (χ0n) is 30.6. The third kappa shape index (κ3) is 13.9. The van der Waals surface area contributed by atoms with Crippen molar-refractivity contribution in [1.29, 1.82) is 0 Å². The third-order valence-electron chi connectivity index (χ3n) is 8.49. The number of carbonyl (C=O) groups is 3. The molecule has 3 aromatic rings. The number of nitrogens with zero attached hydrogens (tertiary/aromatic N) is 1. The lowest BCUT2D eigenvalue weighted by Crippen LogP contribution is -2.31. The first-order valence-electron chi connectivity index (χ1n) is 17.4. The van der Waals surface area contributed by atoms with Crippen LogP contribution in [0, 0.1) is 0 Å². The Balaban J connectivity index is 1.89. The Hall–Kier alpha value is -5.42. The first-order valence-corrected chi connectivity index (χ1v) is 17.4. The molecule has 0 radical (unpaired) electrons. The summed E-state index contributed by atoms with van der Waals surface area (Å²) in [7, 11) is 1.88. The summed E-state index contributed by atoms with van der Waals surface area (Å²) in [6.07, 6.45) is 4.38. The van der Waals surface area contributed by atoms with Crippen LogP contribution < -0.4 is 20.7 Å². The predicted molar refractivity (Wildman–Crippen MR) is 204 cm³/mol. The largest absolute Gasteiger partial charge is 0.494 e. The quantitative estimate of drug-likeness (QED) is 0.0341. The minimum Gasteiger partial charge on any atom is -0.494 e. The molecule has 3 rings (SSSR count). The van der Waals surface area contributed by atoms with Crippen LogP contribution in [0.2, 0.25) is 0 Å². The first-order chi connectivity index (χ1) is 25.4. The van der Waals surface area contributed by atoms with E-state index >= 15 is 0 Å². The van der Waals surface area contributed by atoms with Crippen molar-refractivity contribution in [2.45, 2.75) is 58.3 Å². The molecule has 0 aliphatic rings. The van der Waals surface area contributed by atoms with Crippen LogP contribution in [0.1, 0.15) is 60.5 Å². The van der Waals surface area contributed by atoms with Gasteiger partial charge in [-0.05, 0) is 105 Å². The van der Waals surface area contributed by atoms with Crippen LogP contribution in [0.4, 0.5) is 18.9 Å². The highest BCUT2D eigenvalue weighted by Crippen LogP contribution is 2.30. The van der Waals surface area contributed by atoms with E-state index in [1.165, 1.54) is 17.0 Å². The van der Waals surface area contributed by atoms with E-state index in [2.05, 4.69) is 29.1 Å². The molecule has 53 heavy (non-hydrogen) atoms. The van der Waals surface area contributed by atoms with Crippen LogP contribution in [0.5, 0.6) is 5.75 Å². The number of rotatable bonds is 21. The van der Waals surface area contributed by atoms with E-state index in [4.69, 9.17) is 4.74 Å². The standard InChI is InChI=1S/C42H49F3N4O4/c1-6-23-49(28-32-10-8-11-36(25-32)42(43,44)45)40(51)21-17-34-26-37(48-41(52)31(4)13-12-30(3)7-2)18-14-35(34)27-39(47-29-50)33-15-19-38(20-16-33)53-24-9-22-46-5/h6-8,10-16,18-20,25-26,29,39,46H,1-2,9,17,21-24,27-28H2,3-5H3,(H,47,50)(H,48,52)/b30-12-,31-13+. The molecule has 8 nitrogen and oxygen atoms in total. The van der Waals surface area contributed by atoms with Crippen molar-refractivity contribution in [3.8, 4) is 5.75 Å². The van der Waals surface area contributed by atoms with Crippen LogP contribution in [0.3, 0.4) is 0 Å². The van der Waals surface area contributed by atoms with E-state index < -0.39 is 17.8 Å². The van der Waals surface area contributed by atoms with Gasteiger partial charge in [-0.3, -0.25) is 14.4 Å². The summed E-state index contributed by atoms with van der Waals surface area (Å²) in [5.41, 5.74) is 3.91. The second kappa shape index (κ2) is 21.2. The molecule has 0 aliphatic carbocycles. The van der Waals surface area contributed by atoms with E-state index in [-0.39, 0.29) is 37.7 Å². The number of hydrogen-bond acceptors (Lipinski definition) is 5.